The van der Waals surface area contributed by atoms with E-state index in [0.29, 0.717) is 6.54 Å². The standard InChI is InChI=1S/C23H29N3O2/c27-22(16-7-2-1-3-8-16)26-13-6-11-21(26)23(28)25-14-12-20-18(15-25)17-9-4-5-10-19(17)24-20/h4-5,9-10,16,21,24H,1-3,6-8,11-15H2/t21-/m0/s1. The molecule has 2 amide bonds. The number of hydrogen-bond acceptors (Lipinski definition) is 2. The molecule has 1 atom stereocenters. The Morgan fingerprint density at radius 3 is 2.61 bits per heavy atom. The van der Waals surface area contributed by atoms with Crippen LogP contribution >= 0.6 is 0 Å². The normalized spacial score (nSPS) is 23.2. The molecule has 148 valence electrons. The minimum absolute atomic E-state index is 0.142. The van der Waals surface area contributed by atoms with Crippen LogP contribution in [0.25, 0.3) is 10.9 Å². The van der Waals surface area contributed by atoms with Gasteiger partial charge in [-0.2, -0.15) is 0 Å². The molecule has 1 aliphatic carbocycles. The predicted octanol–water partition coefficient (Wildman–Crippen LogP) is 3.62. The molecule has 2 fully saturated rings. The molecule has 5 heteroatoms. The molecule has 0 spiro atoms. The average Bonchev–Trinajstić information content (AvgIpc) is 3.37. The summed E-state index contributed by atoms with van der Waals surface area (Å²) in [6.07, 6.45) is 8.16. The van der Waals surface area contributed by atoms with Crippen LogP contribution in [0.15, 0.2) is 24.3 Å². The Labute approximate surface area is 166 Å². The van der Waals surface area contributed by atoms with Crippen molar-refractivity contribution in [3.05, 3.63) is 35.5 Å². The first-order valence-corrected chi connectivity index (χ1v) is 10.9. The Kier molecular flexibility index (Phi) is 4.61. The summed E-state index contributed by atoms with van der Waals surface area (Å²) in [4.78, 5) is 33.9. The van der Waals surface area contributed by atoms with Gasteiger partial charge in [0.15, 0.2) is 0 Å². The van der Waals surface area contributed by atoms with Crippen LogP contribution in [0.2, 0.25) is 0 Å². The van der Waals surface area contributed by atoms with Crippen LogP contribution in [0.1, 0.15) is 56.2 Å². The lowest BCUT2D eigenvalue weighted by molar-refractivity contribution is -0.147. The molecule has 2 aromatic rings. The maximum absolute atomic E-state index is 13.4. The number of nitrogens with one attached hydrogen (secondary N) is 1. The Bertz CT molecular complexity index is 896. The third-order valence-corrected chi connectivity index (χ3v) is 6.97. The van der Waals surface area contributed by atoms with Crippen LogP contribution in [0, 0.1) is 5.92 Å². The molecule has 1 aromatic carbocycles. The van der Waals surface area contributed by atoms with E-state index < -0.39 is 0 Å². The molecule has 5 rings (SSSR count). The summed E-state index contributed by atoms with van der Waals surface area (Å²) >= 11 is 0. The number of amides is 2. The van der Waals surface area contributed by atoms with Gasteiger partial charge in [0.25, 0.3) is 0 Å². The summed E-state index contributed by atoms with van der Waals surface area (Å²) in [7, 11) is 0. The molecule has 5 nitrogen and oxygen atoms in total. The number of carbonyl (C=O) groups excluding carboxylic acids is 2. The summed E-state index contributed by atoms with van der Waals surface area (Å²) in [5.41, 5.74) is 3.65. The number of likely N-dealkylation sites (tertiary alicyclic amines) is 1. The second-order valence-electron chi connectivity index (χ2n) is 8.66. The van der Waals surface area contributed by atoms with E-state index in [1.54, 1.807) is 0 Å². The molecular weight excluding hydrogens is 350 g/mol. The monoisotopic (exact) mass is 379 g/mol. The van der Waals surface area contributed by atoms with E-state index >= 15 is 0 Å². The Morgan fingerprint density at radius 2 is 1.75 bits per heavy atom. The Morgan fingerprint density at radius 1 is 0.929 bits per heavy atom. The number of aromatic nitrogens is 1. The molecule has 1 saturated carbocycles. The molecular formula is C23H29N3O2. The van der Waals surface area contributed by atoms with E-state index in [1.807, 2.05) is 15.9 Å². The smallest absolute Gasteiger partial charge is 0.245 e. The van der Waals surface area contributed by atoms with Gasteiger partial charge >= 0.3 is 0 Å². The van der Waals surface area contributed by atoms with Crippen molar-refractivity contribution in [2.24, 2.45) is 5.92 Å². The third kappa shape index (κ3) is 3.01. The van der Waals surface area contributed by atoms with Crippen molar-refractivity contribution < 1.29 is 9.59 Å². The summed E-state index contributed by atoms with van der Waals surface area (Å²) < 4.78 is 0. The third-order valence-electron chi connectivity index (χ3n) is 6.97. The first kappa shape index (κ1) is 17.8. The van der Waals surface area contributed by atoms with E-state index in [4.69, 9.17) is 0 Å². The number of rotatable bonds is 2. The zero-order chi connectivity index (χ0) is 19.1. The van der Waals surface area contributed by atoms with E-state index in [0.717, 1.165) is 63.6 Å². The lowest BCUT2D eigenvalue weighted by atomic mass is 9.88. The lowest BCUT2D eigenvalue weighted by Gasteiger charge is -2.34. The quantitative estimate of drug-likeness (QED) is 0.866. The van der Waals surface area contributed by atoms with Crippen molar-refractivity contribution in [3.8, 4) is 0 Å². The average molecular weight is 380 g/mol. The number of benzene rings is 1. The minimum atomic E-state index is -0.249. The van der Waals surface area contributed by atoms with Gasteiger partial charge in [0.2, 0.25) is 11.8 Å². The molecule has 0 unspecified atom stereocenters. The van der Waals surface area contributed by atoms with Crippen LogP contribution < -0.4 is 0 Å². The first-order chi connectivity index (χ1) is 13.7. The zero-order valence-corrected chi connectivity index (χ0v) is 16.5. The van der Waals surface area contributed by atoms with Crippen LogP contribution in [0.3, 0.4) is 0 Å². The lowest BCUT2D eigenvalue weighted by Crippen LogP contribution is -2.50. The summed E-state index contributed by atoms with van der Waals surface area (Å²) in [5.74, 6) is 0.529. The van der Waals surface area contributed by atoms with Gasteiger partial charge in [-0.3, -0.25) is 9.59 Å². The minimum Gasteiger partial charge on any atom is -0.358 e. The summed E-state index contributed by atoms with van der Waals surface area (Å²) in [6.45, 7) is 2.14. The molecule has 28 heavy (non-hydrogen) atoms. The number of aromatic amines is 1. The van der Waals surface area contributed by atoms with Crippen molar-refractivity contribution >= 4 is 22.7 Å². The predicted molar refractivity (Wildman–Crippen MR) is 109 cm³/mol. The van der Waals surface area contributed by atoms with Crippen molar-refractivity contribution in [2.75, 3.05) is 13.1 Å². The van der Waals surface area contributed by atoms with Gasteiger partial charge in [-0.15, -0.1) is 0 Å². The molecule has 1 N–H and O–H groups in total. The van der Waals surface area contributed by atoms with Gasteiger partial charge < -0.3 is 14.8 Å². The number of H-pyrrole nitrogens is 1. The van der Waals surface area contributed by atoms with E-state index in [2.05, 4.69) is 23.2 Å². The molecule has 3 aliphatic rings. The van der Waals surface area contributed by atoms with Crippen molar-refractivity contribution in [2.45, 2.75) is 64.0 Å². The first-order valence-electron chi connectivity index (χ1n) is 10.9. The number of hydrogen-bond donors (Lipinski definition) is 1. The van der Waals surface area contributed by atoms with Crippen molar-refractivity contribution in [3.63, 3.8) is 0 Å². The maximum Gasteiger partial charge on any atom is 0.245 e. The topological polar surface area (TPSA) is 56.4 Å². The van der Waals surface area contributed by atoms with Gasteiger partial charge in [0.05, 0.1) is 0 Å². The molecule has 1 aromatic heterocycles. The van der Waals surface area contributed by atoms with Gasteiger partial charge in [0.1, 0.15) is 6.04 Å². The molecule has 0 bridgehead atoms. The van der Waals surface area contributed by atoms with Crippen LogP contribution in [-0.2, 0) is 22.6 Å². The fourth-order valence-corrected chi connectivity index (χ4v) is 5.44. The highest BCUT2D eigenvalue weighted by Gasteiger charge is 2.39. The van der Waals surface area contributed by atoms with Crippen molar-refractivity contribution in [1.82, 2.24) is 14.8 Å². The number of nitrogens with zero attached hydrogens (tertiary/aromatic N) is 2. The zero-order valence-electron chi connectivity index (χ0n) is 16.5. The molecule has 1 saturated heterocycles. The van der Waals surface area contributed by atoms with Crippen LogP contribution in [-0.4, -0.2) is 45.7 Å². The Balaban J connectivity index is 1.33. The second-order valence-corrected chi connectivity index (χ2v) is 8.66. The molecule has 0 radical (unpaired) electrons. The van der Waals surface area contributed by atoms with Gasteiger partial charge in [-0.1, -0.05) is 37.5 Å². The van der Waals surface area contributed by atoms with Crippen LogP contribution in [0.5, 0.6) is 0 Å². The van der Waals surface area contributed by atoms with E-state index in [1.165, 1.54) is 23.1 Å². The summed E-state index contributed by atoms with van der Waals surface area (Å²) in [5, 5.41) is 1.22. The van der Waals surface area contributed by atoms with Gasteiger partial charge in [0, 0.05) is 54.1 Å². The number of carbonyl (C=O) groups is 2. The molecule has 2 aliphatic heterocycles. The number of fused-ring (bicyclic) bond motifs is 3. The maximum atomic E-state index is 13.4. The molecule has 3 heterocycles. The van der Waals surface area contributed by atoms with Crippen molar-refractivity contribution in [1.29, 1.82) is 0 Å². The number of para-hydroxylation sites is 1. The highest BCUT2D eigenvalue weighted by atomic mass is 16.2. The van der Waals surface area contributed by atoms with E-state index in [9.17, 15) is 9.59 Å². The van der Waals surface area contributed by atoms with Gasteiger partial charge in [-0.25, -0.2) is 0 Å². The largest absolute Gasteiger partial charge is 0.358 e. The highest BCUT2D eigenvalue weighted by Crippen LogP contribution is 2.32. The fourth-order valence-electron chi connectivity index (χ4n) is 5.44. The fraction of sp³-hybridized carbons (Fsp3) is 0.565. The summed E-state index contributed by atoms with van der Waals surface area (Å²) in [6, 6.07) is 8.08. The highest BCUT2D eigenvalue weighted by molar-refractivity contribution is 5.90. The van der Waals surface area contributed by atoms with Crippen LogP contribution in [0.4, 0.5) is 0 Å². The SMILES string of the molecule is O=C([C@@H]1CCCN1C(=O)C1CCCCC1)N1CCc2[nH]c3ccccc3c2C1. The van der Waals surface area contributed by atoms with E-state index in [-0.39, 0.29) is 23.8 Å². The Hall–Kier alpha value is -2.30. The van der Waals surface area contributed by atoms with Gasteiger partial charge in [-0.05, 0) is 31.7 Å². The second kappa shape index (κ2) is 7.26.